The van der Waals surface area contributed by atoms with Gasteiger partial charge in [0.25, 0.3) is 0 Å². The van der Waals surface area contributed by atoms with Gasteiger partial charge < -0.3 is 23.4 Å². The SMILES string of the molecule is CC1(C)O[C@H]2CC(=O)OC[C@]23[C@H]2CC[C@]4(C)C(=CC(=O)O[C@H]4c4coc(C(=O)CCl)c4)[C@]2(C)OC(=O)C[C@@H]13. The van der Waals surface area contributed by atoms with Crippen molar-refractivity contribution >= 4 is 35.3 Å². The van der Waals surface area contributed by atoms with E-state index in [9.17, 15) is 19.2 Å². The molecule has 4 aliphatic heterocycles. The van der Waals surface area contributed by atoms with E-state index in [-0.39, 0.29) is 60.6 Å². The highest BCUT2D eigenvalue weighted by molar-refractivity contribution is 6.30. The number of carbonyl (C=O) groups excluding carboxylic acids is 4. The van der Waals surface area contributed by atoms with Gasteiger partial charge in [-0.25, -0.2) is 4.79 Å². The van der Waals surface area contributed by atoms with Gasteiger partial charge >= 0.3 is 17.9 Å². The molecule has 9 nitrogen and oxygen atoms in total. The Labute approximate surface area is 225 Å². The van der Waals surface area contributed by atoms with Crippen molar-refractivity contribution in [3.63, 3.8) is 0 Å². The van der Waals surface area contributed by atoms with Gasteiger partial charge in [0.1, 0.15) is 18.3 Å². The summed E-state index contributed by atoms with van der Waals surface area (Å²) in [4.78, 5) is 50.9. The minimum absolute atomic E-state index is 0.0884. The number of ether oxygens (including phenoxy) is 4. The number of rotatable bonds is 3. The van der Waals surface area contributed by atoms with E-state index < -0.39 is 40.2 Å². The molecule has 0 amide bonds. The largest absolute Gasteiger partial charge is 0.465 e. The molecular formula is C28H31ClO9. The van der Waals surface area contributed by atoms with E-state index >= 15 is 0 Å². The molecule has 1 aromatic rings. The molecule has 0 bridgehead atoms. The Bertz CT molecular complexity index is 1280. The fraction of sp³-hybridized carbons (Fsp3) is 0.643. The van der Waals surface area contributed by atoms with Crippen molar-refractivity contribution in [3.8, 4) is 0 Å². The van der Waals surface area contributed by atoms with Crippen LogP contribution in [0.5, 0.6) is 0 Å². The Balaban J connectivity index is 1.48. The smallest absolute Gasteiger partial charge is 0.331 e. The first-order chi connectivity index (χ1) is 17.8. The Hall–Kier alpha value is -2.65. The van der Waals surface area contributed by atoms with E-state index in [1.165, 1.54) is 12.3 Å². The second kappa shape index (κ2) is 8.18. The Kier molecular flexibility index (Phi) is 5.51. The zero-order chi connectivity index (χ0) is 27.3. The number of esters is 3. The summed E-state index contributed by atoms with van der Waals surface area (Å²) in [5.74, 6) is -2.29. The van der Waals surface area contributed by atoms with Crippen LogP contribution in [0, 0.1) is 22.7 Å². The summed E-state index contributed by atoms with van der Waals surface area (Å²) in [6, 6.07) is 1.56. The van der Waals surface area contributed by atoms with Gasteiger partial charge in [-0.2, -0.15) is 0 Å². The average Bonchev–Trinajstić information content (AvgIpc) is 3.38. The molecule has 7 atom stereocenters. The third-order valence-corrected chi connectivity index (χ3v) is 10.1. The van der Waals surface area contributed by atoms with Crippen molar-refractivity contribution in [3.05, 3.63) is 35.3 Å². The standard InChI is InChI=1S/C28H31ClO9/c1-25(2)18-8-23(33)38-27(4)17(28(18)13-35-21(31)10-20(28)37-25)5-6-26(3)19(27)9-22(32)36-24(26)14-7-16(34-12-14)15(30)11-29/h7,9,12,17-18,20,24H,5-6,8,10-11,13H2,1-4H3/t17-,18-,20-,24-,26+,27+,28+/m0/s1. The molecule has 0 N–H and O–H groups in total. The number of hydrogen-bond acceptors (Lipinski definition) is 9. The molecule has 204 valence electrons. The lowest BCUT2D eigenvalue weighted by Gasteiger charge is -2.58. The second-order valence-corrected chi connectivity index (χ2v) is 12.5. The van der Waals surface area contributed by atoms with Gasteiger partial charge in [0.05, 0.1) is 36.7 Å². The fourth-order valence-corrected chi connectivity index (χ4v) is 8.48. The van der Waals surface area contributed by atoms with Gasteiger partial charge in [0.15, 0.2) is 5.76 Å². The van der Waals surface area contributed by atoms with Crippen LogP contribution < -0.4 is 0 Å². The summed E-state index contributed by atoms with van der Waals surface area (Å²) < 4.78 is 29.8. The molecule has 1 aromatic heterocycles. The number of cyclic esters (lactones) is 2. The maximum Gasteiger partial charge on any atom is 0.331 e. The summed E-state index contributed by atoms with van der Waals surface area (Å²) in [5, 5.41) is 0. The highest BCUT2D eigenvalue weighted by Gasteiger charge is 2.73. The van der Waals surface area contributed by atoms with Crippen LogP contribution in [0.4, 0.5) is 0 Å². The van der Waals surface area contributed by atoms with Crippen LogP contribution in [0.3, 0.4) is 0 Å². The molecule has 1 saturated carbocycles. The first kappa shape index (κ1) is 25.6. The van der Waals surface area contributed by atoms with E-state index in [4.69, 9.17) is 35.0 Å². The van der Waals surface area contributed by atoms with Crippen LogP contribution in [-0.4, -0.2) is 53.5 Å². The second-order valence-electron chi connectivity index (χ2n) is 12.2. The number of fused-ring (bicyclic) bond motifs is 3. The quantitative estimate of drug-likeness (QED) is 0.239. The van der Waals surface area contributed by atoms with Crippen LogP contribution in [0.25, 0.3) is 0 Å². The van der Waals surface area contributed by atoms with Crippen LogP contribution in [0.15, 0.2) is 28.4 Å². The van der Waals surface area contributed by atoms with Crippen LogP contribution in [-0.2, 0) is 33.3 Å². The molecular weight excluding hydrogens is 516 g/mol. The van der Waals surface area contributed by atoms with Crippen LogP contribution in [0.2, 0.25) is 0 Å². The van der Waals surface area contributed by atoms with Crippen molar-refractivity contribution in [2.75, 3.05) is 12.5 Å². The number of Topliss-reactive ketones (excluding diaryl/α,β-unsaturated/α-hetero) is 1. The molecule has 0 radical (unpaired) electrons. The van der Waals surface area contributed by atoms with Crippen molar-refractivity contribution in [2.45, 2.75) is 76.8 Å². The predicted octanol–water partition coefficient (Wildman–Crippen LogP) is 4.07. The third kappa shape index (κ3) is 3.33. The van der Waals surface area contributed by atoms with Crippen LogP contribution in [0.1, 0.15) is 75.6 Å². The average molecular weight is 547 g/mol. The summed E-state index contributed by atoms with van der Waals surface area (Å²) in [6.07, 6.45) is 3.09. The minimum atomic E-state index is -1.18. The Morgan fingerprint density at radius 3 is 2.58 bits per heavy atom. The zero-order valence-corrected chi connectivity index (χ0v) is 22.6. The van der Waals surface area contributed by atoms with Gasteiger partial charge in [0.2, 0.25) is 5.78 Å². The molecule has 1 aliphatic carbocycles. The maximum atomic E-state index is 13.4. The number of halogens is 1. The zero-order valence-electron chi connectivity index (χ0n) is 21.8. The van der Waals surface area contributed by atoms with Gasteiger partial charge in [-0.1, -0.05) is 6.92 Å². The first-order valence-electron chi connectivity index (χ1n) is 13.0. The minimum Gasteiger partial charge on any atom is -0.465 e. The molecule has 5 heterocycles. The van der Waals surface area contributed by atoms with Gasteiger partial charge in [-0.15, -0.1) is 11.6 Å². The summed E-state index contributed by atoms with van der Waals surface area (Å²) >= 11 is 5.70. The van der Waals surface area contributed by atoms with E-state index in [0.29, 0.717) is 24.0 Å². The van der Waals surface area contributed by atoms with E-state index in [1.807, 2.05) is 27.7 Å². The number of carbonyl (C=O) groups is 4. The van der Waals surface area contributed by atoms with Crippen molar-refractivity contribution in [2.24, 2.45) is 22.7 Å². The summed E-state index contributed by atoms with van der Waals surface area (Å²) in [7, 11) is 0. The van der Waals surface area contributed by atoms with Crippen molar-refractivity contribution in [1.82, 2.24) is 0 Å². The molecule has 38 heavy (non-hydrogen) atoms. The van der Waals surface area contributed by atoms with E-state index in [1.54, 1.807) is 6.07 Å². The van der Waals surface area contributed by atoms with Gasteiger partial charge in [-0.05, 0) is 45.3 Å². The number of furan rings is 1. The lowest BCUT2D eigenvalue weighted by molar-refractivity contribution is -0.197. The maximum absolute atomic E-state index is 13.4. The number of hydrogen-bond donors (Lipinski definition) is 0. The van der Waals surface area contributed by atoms with Crippen LogP contribution >= 0.6 is 11.6 Å². The molecule has 1 spiro atoms. The third-order valence-electron chi connectivity index (χ3n) is 9.87. The lowest BCUT2D eigenvalue weighted by atomic mass is 9.48. The molecule has 5 aliphatic rings. The topological polar surface area (TPSA) is 118 Å². The number of alkyl halides is 1. The molecule has 0 aromatic carbocycles. The first-order valence-corrected chi connectivity index (χ1v) is 13.5. The number of ketones is 1. The monoisotopic (exact) mass is 546 g/mol. The van der Waals surface area contributed by atoms with Crippen molar-refractivity contribution in [1.29, 1.82) is 0 Å². The highest BCUT2D eigenvalue weighted by Crippen LogP contribution is 2.69. The molecule has 0 unspecified atom stereocenters. The highest BCUT2D eigenvalue weighted by atomic mass is 35.5. The van der Waals surface area contributed by atoms with Crippen molar-refractivity contribution < 1.29 is 42.5 Å². The molecule has 6 rings (SSSR count). The van der Waals surface area contributed by atoms with E-state index in [2.05, 4.69) is 0 Å². The molecule has 10 heteroatoms. The molecule has 3 saturated heterocycles. The van der Waals surface area contributed by atoms with Gasteiger partial charge in [-0.3, -0.25) is 14.4 Å². The lowest BCUT2D eigenvalue weighted by Crippen LogP contribution is -2.62. The van der Waals surface area contributed by atoms with E-state index in [0.717, 1.165) is 0 Å². The molecule has 4 fully saturated rings. The predicted molar refractivity (Wildman–Crippen MR) is 131 cm³/mol. The normalized spacial score (nSPS) is 41.3. The van der Waals surface area contributed by atoms with Gasteiger partial charge in [0, 0.05) is 34.3 Å². The Morgan fingerprint density at radius 1 is 1.08 bits per heavy atom. The Morgan fingerprint density at radius 2 is 1.84 bits per heavy atom. The summed E-state index contributed by atoms with van der Waals surface area (Å²) in [6.45, 7) is 7.88. The fourth-order valence-electron chi connectivity index (χ4n) is 8.35. The summed E-state index contributed by atoms with van der Waals surface area (Å²) in [5.41, 5.74) is -2.08.